The SMILES string of the molecule is CCCCCC[C@H]1CN(C=O)C[C@@]1(C)CCCC. The van der Waals surface area contributed by atoms with Gasteiger partial charge in [0.2, 0.25) is 6.41 Å². The standard InChI is InChI=1S/C16H31NO/c1-4-6-8-9-10-15-12-17(14-18)13-16(15,3)11-7-5-2/h14-15H,4-13H2,1-3H3/t15-,16+/m0/s1. The van der Waals surface area contributed by atoms with E-state index in [-0.39, 0.29) is 0 Å². The first-order chi connectivity index (χ1) is 8.66. The minimum absolute atomic E-state index is 0.378. The quantitative estimate of drug-likeness (QED) is 0.444. The van der Waals surface area contributed by atoms with Gasteiger partial charge in [-0.2, -0.15) is 0 Å². The number of rotatable bonds is 9. The summed E-state index contributed by atoms with van der Waals surface area (Å²) in [5, 5.41) is 0. The Balaban J connectivity index is 2.46. The van der Waals surface area contributed by atoms with Crippen LogP contribution in [-0.2, 0) is 4.79 Å². The number of hydrogen-bond donors (Lipinski definition) is 0. The Morgan fingerprint density at radius 3 is 2.50 bits per heavy atom. The summed E-state index contributed by atoms with van der Waals surface area (Å²) in [5.41, 5.74) is 0.378. The smallest absolute Gasteiger partial charge is 0.209 e. The summed E-state index contributed by atoms with van der Waals surface area (Å²) in [4.78, 5) is 13.0. The maximum Gasteiger partial charge on any atom is 0.209 e. The molecule has 2 nitrogen and oxygen atoms in total. The van der Waals surface area contributed by atoms with Crippen molar-refractivity contribution >= 4 is 6.41 Å². The number of carbonyl (C=O) groups is 1. The number of nitrogens with zero attached hydrogens (tertiary/aromatic N) is 1. The lowest BCUT2D eigenvalue weighted by Gasteiger charge is -2.30. The second-order valence-electron chi connectivity index (χ2n) is 6.34. The Hall–Kier alpha value is -0.530. The first-order valence-electron chi connectivity index (χ1n) is 7.85. The van der Waals surface area contributed by atoms with E-state index in [1.54, 1.807) is 0 Å². The van der Waals surface area contributed by atoms with E-state index >= 15 is 0 Å². The third-order valence-corrected chi connectivity index (χ3v) is 4.66. The van der Waals surface area contributed by atoms with E-state index in [0.717, 1.165) is 25.4 Å². The van der Waals surface area contributed by atoms with Crippen LogP contribution in [0.2, 0.25) is 0 Å². The molecule has 2 heteroatoms. The lowest BCUT2D eigenvalue weighted by Crippen LogP contribution is -2.27. The Labute approximate surface area is 113 Å². The van der Waals surface area contributed by atoms with Crippen molar-refractivity contribution in [3.8, 4) is 0 Å². The van der Waals surface area contributed by atoms with E-state index in [1.165, 1.54) is 51.4 Å². The summed E-state index contributed by atoms with van der Waals surface area (Å²) in [7, 11) is 0. The van der Waals surface area contributed by atoms with E-state index in [1.807, 2.05) is 4.90 Å². The van der Waals surface area contributed by atoms with Crippen molar-refractivity contribution in [3.05, 3.63) is 0 Å². The normalized spacial score (nSPS) is 27.7. The van der Waals surface area contributed by atoms with Gasteiger partial charge in [-0.1, -0.05) is 59.3 Å². The van der Waals surface area contributed by atoms with Gasteiger partial charge >= 0.3 is 0 Å². The molecule has 1 heterocycles. The molecule has 0 aliphatic carbocycles. The predicted molar refractivity (Wildman–Crippen MR) is 77.5 cm³/mol. The first-order valence-corrected chi connectivity index (χ1v) is 7.85. The summed E-state index contributed by atoms with van der Waals surface area (Å²) in [6.07, 6.45) is 11.6. The Kier molecular flexibility index (Phi) is 6.73. The van der Waals surface area contributed by atoms with Crippen LogP contribution in [0.15, 0.2) is 0 Å². The van der Waals surface area contributed by atoms with Gasteiger partial charge in [0, 0.05) is 13.1 Å². The van der Waals surface area contributed by atoms with Crippen molar-refractivity contribution in [2.75, 3.05) is 13.1 Å². The number of likely N-dealkylation sites (tertiary alicyclic amines) is 1. The van der Waals surface area contributed by atoms with E-state index in [9.17, 15) is 4.79 Å². The molecule has 1 saturated heterocycles. The van der Waals surface area contributed by atoms with E-state index < -0.39 is 0 Å². The monoisotopic (exact) mass is 253 g/mol. The molecule has 1 amide bonds. The number of unbranched alkanes of at least 4 members (excludes halogenated alkanes) is 4. The van der Waals surface area contributed by atoms with Gasteiger partial charge < -0.3 is 4.90 Å². The number of hydrogen-bond acceptors (Lipinski definition) is 1. The molecule has 0 radical (unpaired) electrons. The van der Waals surface area contributed by atoms with Gasteiger partial charge in [0.05, 0.1) is 0 Å². The van der Waals surface area contributed by atoms with Crippen LogP contribution >= 0.6 is 0 Å². The molecule has 0 unspecified atom stereocenters. The van der Waals surface area contributed by atoms with Gasteiger partial charge in [0.1, 0.15) is 0 Å². The van der Waals surface area contributed by atoms with Gasteiger partial charge in [-0.25, -0.2) is 0 Å². The third kappa shape index (κ3) is 4.29. The fourth-order valence-corrected chi connectivity index (χ4v) is 3.36. The molecule has 1 fully saturated rings. The molecule has 0 bridgehead atoms. The number of amides is 1. The minimum atomic E-state index is 0.378. The molecule has 0 aromatic rings. The molecule has 0 spiro atoms. The molecular weight excluding hydrogens is 222 g/mol. The molecule has 0 aromatic heterocycles. The van der Waals surface area contributed by atoms with Gasteiger partial charge in [0.15, 0.2) is 0 Å². The van der Waals surface area contributed by atoms with Crippen LogP contribution < -0.4 is 0 Å². The fourth-order valence-electron chi connectivity index (χ4n) is 3.36. The average molecular weight is 253 g/mol. The lowest BCUT2D eigenvalue weighted by atomic mass is 9.74. The van der Waals surface area contributed by atoms with Crippen molar-refractivity contribution in [2.24, 2.45) is 11.3 Å². The van der Waals surface area contributed by atoms with Crippen molar-refractivity contribution in [1.29, 1.82) is 0 Å². The van der Waals surface area contributed by atoms with Crippen LogP contribution in [0.5, 0.6) is 0 Å². The lowest BCUT2D eigenvalue weighted by molar-refractivity contribution is -0.117. The Morgan fingerprint density at radius 1 is 1.17 bits per heavy atom. The van der Waals surface area contributed by atoms with Crippen LogP contribution in [0.3, 0.4) is 0 Å². The molecule has 0 aromatic carbocycles. The highest BCUT2D eigenvalue weighted by Crippen LogP contribution is 2.42. The maximum atomic E-state index is 11.0. The number of carbonyl (C=O) groups excluding carboxylic acids is 1. The van der Waals surface area contributed by atoms with Gasteiger partial charge in [-0.05, 0) is 24.2 Å². The highest BCUT2D eigenvalue weighted by molar-refractivity contribution is 5.48. The topological polar surface area (TPSA) is 20.3 Å². The summed E-state index contributed by atoms with van der Waals surface area (Å²) >= 11 is 0. The fraction of sp³-hybridized carbons (Fsp3) is 0.938. The molecule has 18 heavy (non-hydrogen) atoms. The van der Waals surface area contributed by atoms with Crippen molar-refractivity contribution in [1.82, 2.24) is 4.90 Å². The summed E-state index contributed by atoms with van der Waals surface area (Å²) < 4.78 is 0. The molecule has 1 aliphatic rings. The zero-order valence-corrected chi connectivity index (χ0v) is 12.6. The van der Waals surface area contributed by atoms with E-state index in [0.29, 0.717) is 5.41 Å². The van der Waals surface area contributed by atoms with Crippen LogP contribution in [-0.4, -0.2) is 24.4 Å². The molecule has 1 aliphatic heterocycles. The first kappa shape index (κ1) is 15.5. The second-order valence-corrected chi connectivity index (χ2v) is 6.34. The van der Waals surface area contributed by atoms with Crippen molar-refractivity contribution in [3.63, 3.8) is 0 Å². The molecule has 106 valence electrons. The highest BCUT2D eigenvalue weighted by atomic mass is 16.1. The molecule has 2 atom stereocenters. The third-order valence-electron chi connectivity index (χ3n) is 4.66. The summed E-state index contributed by atoms with van der Waals surface area (Å²) in [5.74, 6) is 0.728. The van der Waals surface area contributed by atoms with Gasteiger partial charge in [0.25, 0.3) is 0 Å². The van der Waals surface area contributed by atoms with Crippen LogP contribution in [0.4, 0.5) is 0 Å². The summed E-state index contributed by atoms with van der Waals surface area (Å²) in [6, 6.07) is 0. The molecular formula is C16H31NO. The highest BCUT2D eigenvalue weighted by Gasteiger charge is 2.41. The Bertz CT molecular complexity index is 241. The largest absolute Gasteiger partial charge is 0.344 e. The second kappa shape index (κ2) is 7.81. The predicted octanol–water partition coefficient (Wildman–Crippen LogP) is 4.24. The van der Waals surface area contributed by atoms with Crippen LogP contribution in [0.1, 0.15) is 72.1 Å². The van der Waals surface area contributed by atoms with E-state index in [4.69, 9.17) is 0 Å². The molecule has 0 saturated carbocycles. The molecule has 1 rings (SSSR count). The Morgan fingerprint density at radius 2 is 1.89 bits per heavy atom. The van der Waals surface area contributed by atoms with Gasteiger partial charge in [-0.3, -0.25) is 4.79 Å². The van der Waals surface area contributed by atoms with E-state index in [2.05, 4.69) is 20.8 Å². The summed E-state index contributed by atoms with van der Waals surface area (Å²) in [6.45, 7) is 8.89. The van der Waals surface area contributed by atoms with Crippen molar-refractivity contribution in [2.45, 2.75) is 72.1 Å². The van der Waals surface area contributed by atoms with Crippen molar-refractivity contribution < 1.29 is 4.79 Å². The van der Waals surface area contributed by atoms with Crippen LogP contribution in [0, 0.1) is 11.3 Å². The molecule has 0 N–H and O–H groups in total. The average Bonchev–Trinajstić information content (AvgIpc) is 2.70. The minimum Gasteiger partial charge on any atom is -0.344 e. The zero-order valence-electron chi connectivity index (χ0n) is 12.6. The van der Waals surface area contributed by atoms with Crippen LogP contribution in [0.25, 0.3) is 0 Å². The maximum absolute atomic E-state index is 11.0. The zero-order chi connectivity index (χ0) is 13.4. The van der Waals surface area contributed by atoms with Gasteiger partial charge in [-0.15, -0.1) is 0 Å².